The van der Waals surface area contributed by atoms with Crippen LogP contribution in [0.15, 0.2) is 59.3 Å². The lowest BCUT2D eigenvalue weighted by atomic mass is 9.68. The van der Waals surface area contributed by atoms with Crippen LogP contribution >= 0.6 is 0 Å². The molecule has 0 aromatic carbocycles. The smallest absolute Gasteiger partial charge is 0.00315 e. The summed E-state index contributed by atoms with van der Waals surface area (Å²) >= 11 is 0. The normalized spacial score (nSPS) is 20.2. The lowest BCUT2D eigenvalue weighted by molar-refractivity contribution is 0.179. The van der Waals surface area contributed by atoms with Crippen LogP contribution in [0.5, 0.6) is 0 Å². The summed E-state index contributed by atoms with van der Waals surface area (Å²) < 4.78 is 0. The van der Waals surface area contributed by atoms with Crippen molar-refractivity contribution in [2.45, 2.75) is 74.7 Å². The average Bonchev–Trinajstić information content (AvgIpc) is 2.62. The average molecular weight is 327 g/mol. The fourth-order valence-corrected chi connectivity index (χ4v) is 3.27. The molecule has 1 aliphatic carbocycles. The van der Waals surface area contributed by atoms with Crippen LogP contribution in [0.1, 0.15) is 74.7 Å². The van der Waals surface area contributed by atoms with Crippen LogP contribution in [0.2, 0.25) is 0 Å². The summed E-state index contributed by atoms with van der Waals surface area (Å²) in [6.45, 7) is 22.8. The molecule has 0 bridgehead atoms. The summed E-state index contributed by atoms with van der Waals surface area (Å²) in [5, 5.41) is 0. The van der Waals surface area contributed by atoms with Crippen LogP contribution in [-0.2, 0) is 0 Å². The van der Waals surface area contributed by atoms with Gasteiger partial charge in [0.05, 0.1) is 0 Å². The molecule has 0 saturated heterocycles. The van der Waals surface area contributed by atoms with E-state index in [9.17, 15) is 0 Å². The molecule has 1 atom stereocenters. The second-order valence-electron chi connectivity index (χ2n) is 9.35. The van der Waals surface area contributed by atoms with Gasteiger partial charge in [-0.25, -0.2) is 0 Å². The Morgan fingerprint density at radius 2 is 1.83 bits per heavy atom. The maximum absolute atomic E-state index is 4.14. The summed E-state index contributed by atoms with van der Waals surface area (Å²) in [6.07, 6.45) is 14.6. The number of hydrogen-bond acceptors (Lipinski definition) is 0. The second kappa shape index (κ2) is 8.19. The molecule has 0 aromatic heterocycles. The van der Waals surface area contributed by atoms with Crippen LogP contribution in [0.25, 0.3) is 0 Å². The van der Waals surface area contributed by atoms with Crippen molar-refractivity contribution in [3.63, 3.8) is 0 Å². The highest BCUT2D eigenvalue weighted by Gasteiger charge is 2.31. The minimum Gasteiger partial charge on any atom is -0.0955 e. The first kappa shape index (κ1) is 20.7. The minimum atomic E-state index is 0.284. The molecule has 24 heavy (non-hydrogen) atoms. The lowest BCUT2D eigenvalue weighted by Crippen LogP contribution is -2.27. The van der Waals surface area contributed by atoms with Crippen molar-refractivity contribution in [2.75, 3.05) is 0 Å². The Morgan fingerprint density at radius 3 is 2.38 bits per heavy atom. The third-order valence-corrected chi connectivity index (χ3v) is 5.30. The van der Waals surface area contributed by atoms with Gasteiger partial charge in [0.25, 0.3) is 0 Å². The first-order valence-corrected chi connectivity index (χ1v) is 9.36. The third kappa shape index (κ3) is 6.67. The fraction of sp³-hybridized carbons (Fsp3) is 0.583. The number of rotatable bonds is 5. The zero-order valence-electron chi connectivity index (χ0n) is 17.3. The molecule has 1 rings (SSSR count). The SMILES string of the molecule is C=C1C=CC(C)=CC(=CC=C(C)C(CC(C)(C)CC)C(C)(C)C)C1. The summed E-state index contributed by atoms with van der Waals surface area (Å²) in [5.41, 5.74) is 5.99. The maximum atomic E-state index is 4.14. The lowest BCUT2D eigenvalue weighted by Gasteiger charge is -2.37. The summed E-state index contributed by atoms with van der Waals surface area (Å²) in [7, 11) is 0. The largest absolute Gasteiger partial charge is 0.0955 e. The molecule has 0 radical (unpaired) electrons. The molecule has 0 nitrogen and oxygen atoms in total. The van der Waals surface area contributed by atoms with Crippen LogP contribution in [0, 0.1) is 16.7 Å². The Labute approximate surface area is 151 Å². The van der Waals surface area contributed by atoms with E-state index in [2.05, 4.69) is 92.3 Å². The van der Waals surface area contributed by atoms with Crippen molar-refractivity contribution < 1.29 is 0 Å². The Kier molecular flexibility index (Phi) is 7.08. The van der Waals surface area contributed by atoms with Gasteiger partial charge < -0.3 is 0 Å². The third-order valence-electron chi connectivity index (χ3n) is 5.30. The van der Waals surface area contributed by atoms with Crippen molar-refractivity contribution in [2.24, 2.45) is 16.7 Å². The van der Waals surface area contributed by atoms with E-state index in [4.69, 9.17) is 0 Å². The van der Waals surface area contributed by atoms with Crippen LogP contribution in [0.4, 0.5) is 0 Å². The van der Waals surface area contributed by atoms with Crippen molar-refractivity contribution in [1.29, 1.82) is 0 Å². The first-order chi connectivity index (χ1) is 10.9. The monoisotopic (exact) mass is 326 g/mol. The number of hydrogen-bond donors (Lipinski definition) is 0. The van der Waals surface area contributed by atoms with E-state index in [1.165, 1.54) is 35.1 Å². The molecule has 0 heteroatoms. The highest BCUT2D eigenvalue weighted by molar-refractivity contribution is 5.41. The molecule has 1 unspecified atom stereocenters. The second-order valence-corrected chi connectivity index (χ2v) is 9.35. The van der Waals surface area contributed by atoms with Crippen molar-refractivity contribution in [3.05, 3.63) is 59.3 Å². The molecular formula is C24H38. The van der Waals surface area contributed by atoms with Crippen LogP contribution in [-0.4, -0.2) is 0 Å². The van der Waals surface area contributed by atoms with Gasteiger partial charge in [0, 0.05) is 0 Å². The molecular weight excluding hydrogens is 288 g/mol. The van der Waals surface area contributed by atoms with E-state index in [-0.39, 0.29) is 5.41 Å². The standard InChI is InChI=1S/C24H38/c1-10-24(8,9)17-22(23(5,6)7)20(4)13-14-21-15-18(2)11-12-19(3)16-21/h11-14,16,22H,2,10,15,17H2,1,3-9H3. The first-order valence-electron chi connectivity index (χ1n) is 9.36. The molecule has 0 fully saturated rings. The van der Waals surface area contributed by atoms with E-state index in [1.807, 2.05) is 0 Å². The predicted molar refractivity (Wildman–Crippen MR) is 110 cm³/mol. The van der Waals surface area contributed by atoms with E-state index >= 15 is 0 Å². The number of allylic oxidation sites excluding steroid dienone is 9. The van der Waals surface area contributed by atoms with Gasteiger partial charge in [0.15, 0.2) is 0 Å². The zero-order chi connectivity index (χ0) is 18.5. The van der Waals surface area contributed by atoms with Gasteiger partial charge in [0.1, 0.15) is 0 Å². The minimum absolute atomic E-state index is 0.284. The molecule has 0 spiro atoms. The molecule has 0 saturated carbocycles. The van der Waals surface area contributed by atoms with Gasteiger partial charge in [-0.2, -0.15) is 0 Å². The highest BCUT2D eigenvalue weighted by atomic mass is 14.4. The van der Waals surface area contributed by atoms with Gasteiger partial charge in [-0.3, -0.25) is 0 Å². The molecule has 0 heterocycles. The van der Waals surface area contributed by atoms with Gasteiger partial charge in [-0.1, -0.05) is 102 Å². The van der Waals surface area contributed by atoms with E-state index in [1.54, 1.807) is 0 Å². The predicted octanol–water partition coefficient (Wildman–Crippen LogP) is 7.81. The molecule has 134 valence electrons. The zero-order valence-corrected chi connectivity index (χ0v) is 17.3. The van der Waals surface area contributed by atoms with Crippen LogP contribution < -0.4 is 0 Å². The topological polar surface area (TPSA) is 0 Å². The van der Waals surface area contributed by atoms with Gasteiger partial charge in [-0.15, -0.1) is 0 Å². The molecule has 0 aromatic rings. The van der Waals surface area contributed by atoms with E-state index < -0.39 is 0 Å². The molecule has 1 aliphatic rings. The molecule has 0 amide bonds. The van der Waals surface area contributed by atoms with Gasteiger partial charge >= 0.3 is 0 Å². The van der Waals surface area contributed by atoms with E-state index in [0.29, 0.717) is 11.3 Å². The van der Waals surface area contributed by atoms with Crippen LogP contribution in [0.3, 0.4) is 0 Å². The molecule has 0 aliphatic heterocycles. The Hall–Kier alpha value is -1.30. The Balaban J connectivity index is 3.07. The summed E-state index contributed by atoms with van der Waals surface area (Å²) in [5.74, 6) is 0.599. The summed E-state index contributed by atoms with van der Waals surface area (Å²) in [6, 6.07) is 0. The Morgan fingerprint density at radius 1 is 1.21 bits per heavy atom. The maximum Gasteiger partial charge on any atom is -0.00315 e. The van der Waals surface area contributed by atoms with E-state index in [0.717, 1.165) is 6.42 Å². The molecule has 0 N–H and O–H groups in total. The van der Waals surface area contributed by atoms with Crippen molar-refractivity contribution >= 4 is 0 Å². The van der Waals surface area contributed by atoms with Gasteiger partial charge in [0.2, 0.25) is 0 Å². The van der Waals surface area contributed by atoms with Crippen molar-refractivity contribution in [1.82, 2.24) is 0 Å². The summed E-state index contributed by atoms with van der Waals surface area (Å²) in [4.78, 5) is 0. The van der Waals surface area contributed by atoms with Gasteiger partial charge in [-0.05, 0) is 49.0 Å². The quantitative estimate of drug-likeness (QED) is 0.483. The Bertz CT molecular complexity index is 568. The fourth-order valence-electron chi connectivity index (χ4n) is 3.27. The van der Waals surface area contributed by atoms with Crippen molar-refractivity contribution in [3.8, 4) is 0 Å². The highest BCUT2D eigenvalue weighted by Crippen LogP contribution is 2.41.